The summed E-state index contributed by atoms with van der Waals surface area (Å²) in [4.78, 5) is 22.5. The van der Waals surface area contributed by atoms with Crippen LogP contribution in [0.15, 0.2) is 61.2 Å². The lowest BCUT2D eigenvalue weighted by molar-refractivity contribution is 0.414. The normalized spacial score (nSPS) is 16.2. The van der Waals surface area contributed by atoms with Crippen molar-refractivity contribution < 1.29 is 4.74 Å². The number of ether oxygens (including phenoxy) is 1. The standard InChI is InChI=1S/C23H20N6O/c1-30-15-8-6-14(7-9-15)21-19-17(16-4-2-3-5-18(16)28-19)10-11-29(21)23-20-22(25-12-24-20)26-13-27-23/h2-9,12-13,21,28H,10-11H2,1H3,(H,24,25,26,27). The number of aromatic nitrogens is 5. The summed E-state index contributed by atoms with van der Waals surface area (Å²) in [6.45, 7) is 0.844. The fourth-order valence-corrected chi connectivity index (χ4v) is 4.57. The van der Waals surface area contributed by atoms with E-state index in [9.17, 15) is 0 Å². The van der Waals surface area contributed by atoms with E-state index in [4.69, 9.17) is 4.74 Å². The van der Waals surface area contributed by atoms with Crippen molar-refractivity contribution in [1.29, 1.82) is 0 Å². The first-order chi connectivity index (χ1) is 14.8. The Balaban J connectivity index is 1.58. The van der Waals surface area contributed by atoms with Gasteiger partial charge in [0.2, 0.25) is 0 Å². The third kappa shape index (κ3) is 2.48. The van der Waals surface area contributed by atoms with Gasteiger partial charge in [-0.2, -0.15) is 0 Å². The predicted molar refractivity (Wildman–Crippen MR) is 116 cm³/mol. The lowest BCUT2D eigenvalue weighted by Crippen LogP contribution is -2.37. The van der Waals surface area contributed by atoms with Crippen molar-refractivity contribution in [2.45, 2.75) is 12.5 Å². The highest BCUT2D eigenvalue weighted by molar-refractivity contribution is 5.87. The number of fused-ring (bicyclic) bond motifs is 4. The zero-order valence-electron chi connectivity index (χ0n) is 16.5. The fraction of sp³-hybridized carbons (Fsp3) is 0.174. The van der Waals surface area contributed by atoms with E-state index in [0.717, 1.165) is 35.6 Å². The van der Waals surface area contributed by atoms with Crippen LogP contribution in [0.2, 0.25) is 0 Å². The van der Waals surface area contributed by atoms with Crippen molar-refractivity contribution in [1.82, 2.24) is 24.9 Å². The minimum Gasteiger partial charge on any atom is -0.497 e. The van der Waals surface area contributed by atoms with Crippen LogP contribution in [0.25, 0.3) is 22.1 Å². The Morgan fingerprint density at radius 2 is 1.90 bits per heavy atom. The van der Waals surface area contributed by atoms with Crippen LogP contribution >= 0.6 is 0 Å². The van der Waals surface area contributed by atoms with Crippen molar-refractivity contribution in [2.75, 3.05) is 18.6 Å². The van der Waals surface area contributed by atoms with Gasteiger partial charge < -0.3 is 19.6 Å². The van der Waals surface area contributed by atoms with Gasteiger partial charge in [-0.05, 0) is 35.7 Å². The van der Waals surface area contributed by atoms with Crippen LogP contribution in [0.5, 0.6) is 5.75 Å². The van der Waals surface area contributed by atoms with E-state index in [1.165, 1.54) is 22.2 Å². The molecule has 5 aromatic rings. The molecule has 1 aliphatic rings. The lowest BCUT2D eigenvalue weighted by atomic mass is 9.92. The molecule has 7 nitrogen and oxygen atoms in total. The third-order valence-corrected chi connectivity index (χ3v) is 5.94. The Labute approximate surface area is 172 Å². The Bertz CT molecular complexity index is 1350. The van der Waals surface area contributed by atoms with Gasteiger partial charge in [-0.3, -0.25) is 0 Å². The van der Waals surface area contributed by atoms with Crippen molar-refractivity contribution in [2.24, 2.45) is 0 Å². The molecule has 7 heteroatoms. The Morgan fingerprint density at radius 3 is 2.77 bits per heavy atom. The fourth-order valence-electron chi connectivity index (χ4n) is 4.57. The topological polar surface area (TPSA) is 82.7 Å². The van der Waals surface area contributed by atoms with Gasteiger partial charge in [0.05, 0.1) is 19.5 Å². The lowest BCUT2D eigenvalue weighted by Gasteiger charge is -2.37. The van der Waals surface area contributed by atoms with Gasteiger partial charge in [0.25, 0.3) is 0 Å². The molecule has 2 N–H and O–H groups in total. The zero-order chi connectivity index (χ0) is 20.1. The van der Waals surface area contributed by atoms with Crippen molar-refractivity contribution in [3.8, 4) is 5.75 Å². The van der Waals surface area contributed by atoms with Crippen LogP contribution in [-0.4, -0.2) is 38.6 Å². The van der Waals surface area contributed by atoms with Gasteiger partial charge in [0, 0.05) is 23.1 Å². The summed E-state index contributed by atoms with van der Waals surface area (Å²) in [7, 11) is 1.69. The molecule has 0 saturated heterocycles. The van der Waals surface area contributed by atoms with Crippen LogP contribution in [0.1, 0.15) is 22.9 Å². The van der Waals surface area contributed by atoms with Gasteiger partial charge in [-0.25, -0.2) is 15.0 Å². The molecule has 0 radical (unpaired) electrons. The molecular formula is C23H20N6O. The van der Waals surface area contributed by atoms with E-state index in [-0.39, 0.29) is 6.04 Å². The molecule has 1 atom stereocenters. The van der Waals surface area contributed by atoms with Gasteiger partial charge in [-0.15, -0.1) is 0 Å². The number of nitrogens with zero attached hydrogens (tertiary/aromatic N) is 4. The molecule has 0 aliphatic carbocycles. The van der Waals surface area contributed by atoms with Gasteiger partial charge in [0.1, 0.15) is 17.6 Å². The summed E-state index contributed by atoms with van der Waals surface area (Å²) in [5, 5.41) is 1.29. The number of hydrogen-bond acceptors (Lipinski definition) is 5. The SMILES string of the molecule is COc1ccc(C2c3[nH]c4ccccc4c3CCN2c2ncnc3nc[nH]c23)cc1. The molecule has 1 aliphatic heterocycles. The third-order valence-electron chi connectivity index (χ3n) is 5.94. The highest BCUT2D eigenvalue weighted by atomic mass is 16.5. The first kappa shape index (κ1) is 17.0. The molecule has 2 aromatic carbocycles. The second kappa shape index (κ2) is 6.59. The number of para-hydroxylation sites is 1. The number of aromatic amines is 2. The van der Waals surface area contributed by atoms with E-state index < -0.39 is 0 Å². The summed E-state index contributed by atoms with van der Waals surface area (Å²) in [6.07, 6.45) is 4.19. The predicted octanol–water partition coefficient (Wildman–Crippen LogP) is 3.99. The minimum atomic E-state index is -0.00606. The van der Waals surface area contributed by atoms with E-state index in [2.05, 4.69) is 66.2 Å². The van der Waals surface area contributed by atoms with E-state index in [1.54, 1.807) is 19.8 Å². The summed E-state index contributed by atoms with van der Waals surface area (Å²) in [5.41, 5.74) is 6.45. The van der Waals surface area contributed by atoms with Gasteiger partial charge >= 0.3 is 0 Å². The largest absolute Gasteiger partial charge is 0.497 e. The summed E-state index contributed by atoms with van der Waals surface area (Å²) < 4.78 is 5.38. The van der Waals surface area contributed by atoms with E-state index in [0.29, 0.717) is 5.65 Å². The molecular weight excluding hydrogens is 376 g/mol. The maximum Gasteiger partial charge on any atom is 0.182 e. The van der Waals surface area contributed by atoms with Crippen molar-refractivity contribution in [3.05, 3.63) is 78.0 Å². The first-order valence-corrected chi connectivity index (χ1v) is 9.97. The molecule has 0 bridgehead atoms. The molecule has 1 unspecified atom stereocenters. The molecule has 0 saturated carbocycles. The second-order valence-corrected chi connectivity index (χ2v) is 7.48. The summed E-state index contributed by atoms with van der Waals surface area (Å²) in [5.74, 6) is 1.71. The zero-order valence-corrected chi connectivity index (χ0v) is 16.5. The molecule has 4 heterocycles. The van der Waals surface area contributed by atoms with Crippen LogP contribution in [0, 0.1) is 0 Å². The average Bonchev–Trinajstić information content (AvgIpc) is 3.43. The molecule has 0 amide bonds. The summed E-state index contributed by atoms with van der Waals surface area (Å²) in [6, 6.07) is 16.8. The number of rotatable bonds is 3. The van der Waals surface area contributed by atoms with Crippen molar-refractivity contribution >= 4 is 27.9 Å². The molecule has 0 fully saturated rings. The van der Waals surface area contributed by atoms with Gasteiger partial charge in [-0.1, -0.05) is 30.3 Å². The monoisotopic (exact) mass is 396 g/mol. The molecule has 148 valence electrons. The maximum atomic E-state index is 5.38. The van der Waals surface area contributed by atoms with E-state index in [1.807, 2.05) is 12.1 Å². The number of imidazole rings is 1. The number of methoxy groups -OCH3 is 1. The number of H-pyrrole nitrogens is 2. The Kier molecular flexibility index (Phi) is 3.74. The average molecular weight is 396 g/mol. The molecule has 3 aromatic heterocycles. The molecule has 0 spiro atoms. The van der Waals surface area contributed by atoms with Gasteiger partial charge in [0.15, 0.2) is 11.5 Å². The minimum absolute atomic E-state index is 0.00606. The Hall–Kier alpha value is -3.87. The molecule has 30 heavy (non-hydrogen) atoms. The van der Waals surface area contributed by atoms with E-state index >= 15 is 0 Å². The summed E-state index contributed by atoms with van der Waals surface area (Å²) >= 11 is 0. The van der Waals surface area contributed by atoms with Crippen LogP contribution in [-0.2, 0) is 6.42 Å². The number of nitrogens with one attached hydrogen (secondary N) is 2. The first-order valence-electron chi connectivity index (χ1n) is 9.97. The van der Waals surface area contributed by atoms with Crippen molar-refractivity contribution in [3.63, 3.8) is 0 Å². The van der Waals surface area contributed by atoms with Crippen LogP contribution in [0.3, 0.4) is 0 Å². The number of benzene rings is 2. The Morgan fingerprint density at radius 1 is 1.03 bits per heavy atom. The quantitative estimate of drug-likeness (QED) is 0.482. The smallest absolute Gasteiger partial charge is 0.182 e. The highest BCUT2D eigenvalue weighted by Crippen LogP contribution is 2.41. The highest BCUT2D eigenvalue weighted by Gasteiger charge is 2.33. The maximum absolute atomic E-state index is 5.38. The number of anilines is 1. The molecule has 6 rings (SSSR count). The van der Waals surface area contributed by atoms with Crippen LogP contribution in [0.4, 0.5) is 5.82 Å². The van der Waals surface area contributed by atoms with Crippen LogP contribution < -0.4 is 9.64 Å². The number of hydrogen-bond donors (Lipinski definition) is 2. The second-order valence-electron chi connectivity index (χ2n) is 7.48.